The number of nitrogens with two attached hydrogens (primary N) is 1. The van der Waals surface area contributed by atoms with E-state index in [0.717, 1.165) is 11.3 Å². The molecule has 0 aromatic carbocycles. The number of hydrogen-bond donors (Lipinski definition) is 1. The van der Waals surface area contributed by atoms with Crippen LogP contribution in [0.15, 0.2) is 0 Å². The molecule has 0 saturated heterocycles. The van der Waals surface area contributed by atoms with Crippen LogP contribution in [0, 0.1) is 0 Å². The van der Waals surface area contributed by atoms with Gasteiger partial charge in [-0.1, -0.05) is 11.3 Å². The van der Waals surface area contributed by atoms with Crippen LogP contribution in [-0.4, -0.2) is 47.8 Å². The largest absolute Gasteiger partial charge is 0.380 e. The van der Waals surface area contributed by atoms with Gasteiger partial charge in [-0.25, -0.2) is 0 Å². The molecule has 15 heavy (non-hydrogen) atoms. The van der Waals surface area contributed by atoms with E-state index < -0.39 is 0 Å². The standard InChI is InChI=1S/C8H14N4O2S/c1-3-14-5-4-12(2)7(13)6-10-11-8(9)15-6/h3-5H2,1-2H3,(H2,9,11). The zero-order valence-electron chi connectivity index (χ0n) is 8.77. The molecule has 1 rings (SSSR count). The van der Waals surface area contributed by atoms with Gasteiger partial charge in [0.15, 0.2) is 0 Å². The molecule has 0 aliphatic heterocycles. The fourth-order valence-corrected chi connectivity index (χ4v) is 1.54. The zero-order valence-corrected chi connectivity index (χ0v) is 9.58. The molecule has 84 valence electrons. The van der Waals surface area contributed by atoms with Gasteiger partial charge in [0.25, 0.3) is 5.91 Å². The normalized spacial score (nSPS) is 10.3. The van der Waals surface area contributed by atoms with Gasteiger partial charge < -0.3 is 15.4 Å². The van der Waals surface area contributed by atoms with E-state index in [9.17, 15) is 4.79 Å². The minimum absolute atomic E-state index is 0.177. The van der Waals surface area contributed by atoms with Crippen molar-refractivity contribution in [3.63, 3.8) is 0 Å². The van der Waals surface area contributed by atoms with E-state index in [-0.39, 0.29) is 5.91 Å². The maximum absolute atomic E-state index is 11.7. The third-order valence-electron chi connectivity index (χ3n) is 1.75. The van der Waals surface area contributed by atoms with E-state index in [0.29, 0.717) is 29.9 Å². The van der Waals surface area contributed by atoms with Crippen LogP contribution in [0.4, 0.5) is 5.13 Å². The molecular weight excluding hydrogens is 216 g/mol. The Morgan fingerprint density at radius 3 is 2.87 bits per heavy atom. The zero-order chi connectivity index (χ0) is 11.3. The van der Waals surface area contributed by atoms with Crippen molar-refractivity contribution in [2.75, 3.05) is 32.5 Å². The maximum atomic E-state index is 11.7. The van der Waals surface area contributed by atoms with Gasteiger partial charge in [-0.15, -0.1) is 10.2 Å². The second kappa shape index (κ2) is 5.62. The number of nitrogens with zero attached hydrogens (tertiary/aromatic N) is 3. The SMILES string of the molecule is CCOCCN(C)C(=O)c1nnc(N)s1. The van der Waals surface area contributed by atoms with Crippen LogP contribution in [0.5, 0.6) is 0 Å². The van der Waals surface area contributed by atoms with Crippen LogP contribution < -0.4 is 5.73 Å². The number of amides is 1. The first-order chi connectivity index (χ1) is 7.15. The minimum atomic E-state index is -0.177. The summed E-state index contributed by atoms with van der Waals surface area (Å²) in [5.74, 6) is -0.177. The first-order valence-corrected chi connectivity index (χ1v) is 5.39. The Kier molecular flexibility index (Phi) is 4.44. The van der Waals surface area contributed by atoms with Crippen LogP contribution in [0.2, 0.25) is 0 Å². The summed E-state index contributed by atoms with van der Waals surface area (Å²) in [7, 11) is 1.69. The number of likely N-dealkylation sites (N-methyl/N-ethyl adjacent to an activating group) is 1. The average Bonchev–Trinajstić information content (AvgIpc) is 2.64. The van der Waals surface area contributed by atoms with Gasteiger partial charge in [0, 0.05) is 20.2 Å². The highest BCUT2D eigenvalue weighted by Crippen LogP contribution is 2.12. The van der Waals surface area contributed by atoms with Crippen LogP contribution in [0.25, 0.3) is 0 Å². The van der Waals surface area contributed by atoms with E-state index in [1.54, 1.807) is 7.05 Å². The second-order valence-corrected chi connectivity index (χ2v) is 3.88. The smallest absolute Gasteiger partial charge is 0.284 e. The molecule has 0 spiro atoms. The summed E-state index contributed by atoms with van der Waals surface area (Å²) in [5, 5.41) is 7.87. The van der Waals surface area contributed by atoms with Gasteiger partial charge >= 0.3 is 0 Å². The summed E-state index contributed by atoms with van der Waals surface area (Å²) in [4.78, 5) is 13.2. The fourth-order valence-electron chi connectivity index (χ4n) is 0.932. The first kappa shape index (κ1) is 11.9. The van der Waals surface area contributed by atoms with E-state index >= 15 is 0 Å². The van der Waals surface area contributed by atoms with E-state index in [1.807, 2.05) is 6.92 Å². The summed E-state index contributed by atoms with van der Waals surface area (Å²) in [6.07, 6.45) is 0. The Hall–Kier alpha value is -1.21. The van der Waals surface area contributed by atoms with Crippen molar-refractivity contribution in [1.29, 1.82) is 0 Å². The summed E-state index contributed by atoms with van der Waals surface area (Å²) >= 11 is 1.09. The highest BCUT2D eigenvalue weighted by molar-refractivity contribution is 7.16. The molecule has 0 radical (unpaired) electrons. The number of carbonyl (C=O) groups excluding carboxylic acids is 1. The number of nitrogen functional groups attached to an aromatic ring is 1. The lowest BCUT2D eigenvalue weighted by molar-refractivity contribution is 0.0709. The topological polar surface area (TPSA) is 81.3 Å². The van der Waals surface area contributed by atoms with Crippen molar-refractivity contribution >= 4 is 22.4 Å². The van der Waals surface area contributed by atoms with Crippen molar-refractivity contribution in [2.24, 2.45) is 0 Å². The van der Waals surface area contributed by atoms with E-state index in [2.05, 4.69) is 10.2 Å². The Balaban J connectivity index is 2.46. The molecule has 1 aromatic rings. The molecule has 6 nitrogen and oxygen atoms in total. The van der Waals surface area contributed by atoms with Crippen LogP contribution in [0.1, 0.15) is 16.7 Å². The van der Waals surface area contributed by atoms with Crippen molar-refractivity contribution in [2.45, 2.75) is 6.92 Å². The summed E-state index contributed by atoms with van der Waals surface area (Å²) in [5.41, 5.74) is 5.39. The number of carbonyl (C=O) groups is 1. The van der Waals surface area contributed by atoms with Crippen molar-refractivity contribution in [1.82, 2.24) is 15.1 Å². The summed E-state index contributed by atoms with van der Waals surface area (Å²) in [6.45, 7) is 3.61. The van der Waals surface area contributed by atoms with Crippen LogP contribution >= 0.6 is 11.3 Å². The molecule has 2 N–H and O–H groups in total. The van der Waals surface area contributed by atoms with Crippen LogP contribution in [-0.2, 0) is 4.74 Å². The number of hydrogen-bond acceptors (Lipinski definition) is 6. The summed E-state index contributed by atoms with van der Waals surface area (Å²) < 4.78 is 5.14. The number of rotatable bonds is 5. The highest BCUT2D eigenvalue weighted by Gasteiger charge is 2.15. The average molecular weight is 230 g/mol. The molecular formula is C8H14N4O2S. The fraction of sp³-hybridized carbons (Fsp3) is 0.625. The predicted octanol–water partition coefficient (Wildman–Crippen LogP) is 0.229. The lowest BCUT2D eigenvalue weighted by Gasteiger charge is -2.14. The molecule has 0 atom stereocenters. The third kappa shape index (κ3) is 3.45. The Bertz CT molecular complexity index is 328. The first-order valence-electron chi connectivity index (χ1n) is 4.57. The Labute approximate surface area is 92.0 Å². The van der Waals surface area contributed by atoms with Gasteiger partial charge in [0.2, 0.25) is 10.1 Å². The highest BCUT2D eigenvalue weighted by atomic mass is 32.1. The van der Waals surface area contributed by atoms with Gasteiger partial charge in [-0.2, -0.15) is 0 Å². The van der Waals surface area contributed by atoms with Crippen LogP contribution in [0.3, 0.4) is 0 Å². The van der Waals surface area contributed by atoms with Crippen molar-refractivity contribution in [3.05, 3.63) is 5.01 Å². The molecule has 1 heterocycles. The molecule has 0 aliphatic rings. The molecule has 0 saturated carbocycles. The monoisotopic (exact) mass is 230 g/mol. The molecule has 7 heteroatoms. The maximum Gasteiger partial charge on any atom is 0.284 e. The van der Waals surface area contributed by atoms with Gasteiger partial charge in [0.05, 0.1) is 6.61 Å². The molecule has 0 unspecified atom stereocenters. The van der Waals surface area contributed by atoms with Crippen molar-refractivity contribution in [3.8, 4) is 0 Å². The second-order valence-electron chi connectivity index (χ2n) is 2.87. The third-order valence-corrected chi connectivity index (χ3v) is 2.49. The molecule has 1 aromatic heterocycles. The Morgan fingerprint density at radius 2 is 2.33 bits per heavy atom. The number of ether oxygens (including phenoxy) is 1. The predicted molar refractivity (Wildman–Crippen MR) is 57.8 cm³/mol. The summed E-state index contributed by atoms with van der Waals surface area (Å²) in [6, 6.07) is 0. The number of aromatic nitrogens is 2. The number of anilines is 1. The molecule has 0 fully saturated rings. The van der Waals surface area contributed by atoms with E-state index in [4.69, 9.17) is 10.5 Å². The molecule has 0 aliphatic carbocycles. The molecule has 1 amide bonds. The molecule has 0 bridgehead atoms. The minimum Gasteiger partial charge on any atom is -0.380 e. The lowest BCUT2D eigenvalue weighted by atomic mass is 10.5. The quantitative estimate of drug-likeness (QED) is 0.732. The van der Waals surface area contributed by atoms with Gasteiger partial charge in [0.1, 0.15) is 0 Å². The lowest BCUT2D eigenvalue weighted by Crippen LogP contribution is -2.30. The van der Waals surface area contributed by atoms with E-state index in [1.165, 1.54) is 4.90 Å². The van der Waals surface area contributed by atoms with Gasteiger partial charge in [-0.3, -0.25) is 4.79 Å². The Morgan fingerprint density at radius 1 is 1.60 bits per heavy atom. The van der Waals surface area contributed by atoms with Crippen molar-refractivity contribution < 1.29 is 9.53 Å². The van der Waals surface area contributed by atoms with Gasteiger partial charge in [-0.05, 0) is 6.92 Å².